The molecular weight excluding hydrogens is 232 g/mol. The van der Waals surface area contributed by atoms with E-state index < -0.39 is 0 Å². The molecule has 0 radical (unpaired) electrons. The van der Waals surface area contributed by atoms with Gasteiger partial charge in [-0.05, 0) is 33.9 Å². The third-order valence-electron chi connectivity index (χ3n) is 3.48. The Labute approximate surface area is 113 Å². The fraction of sp³-hybridized carbons (Fsp3) is 0.111. The number of hydrogen-bond donors (Lipinski definition) is 1. The molecule has 0 bridgehead atoms. The van der Waals surface area contributed by atoms with Gasteiger partial charge in [0.15, 0.2) is 0 Å². The summed E-state index contributed by atoms with van der Waals surface area (Å²) in [6.45, 7) is 0.182. The first-order chi connectivity index (χ1) is 9.40. The molecule has 0 atom stereocenters. The minimum Gasteiger partial charge on any atom is -0.396 e. The van der Waals surface area contributed by atoms with Crippen LogP contribution in [0.2, 0.25) is 0 Å². The highest BCUT2D eigenvalue weighted by atomic mass is 16.2. The van der Waals surface area contributed by atoms with E-state index in [9.17, 15) is 5.11 Å². The van der Waals surface area contributed by atoms with Crippen LogP contribution in [0.4, 0.5) is 0 Å². The SMILES string of the molecule is OCCc1ccccc1-c1cccc2ccccc12. The second-order valence-corrected chi connectivity index (χ2v) is 4.66. The van der Waals surface area contributed by atoms with E-state index in [1.807, 2.05) is 6.07 Å². The van der Waals surface area contributed by atoms with E-state index in [2.05, 4.69) is 60.7 Å². The van der Waals surface area contributed by atoms with Crippen molar-refractivity contribution in [2.45, 2.75) is 6.42 Å². The lowest BCUT2D eigenvalue weighted by Crippen LogP contribution is -1.94. The van der Waals surface area contributed by atoms with Gasteiger partial charge in [-0.3, -0.25) is 0 Å². The highest BCUT2D eigenvalue weighted by molar-refractivity contribution is 5.97. The van der Waals surface area contributed by atoms with Crippen LogP contribution in [0.1, 0.15) is 5.56 Å². The summed E-state index contributed by atoms with van der Waals surface area (Å²) in [5.74, 6) is 0. The van der Waals surface area contributed by atoms with E-state index >= 15 is 0 Å². The van der Waals surface area contributed by atoms with Crippen LogP contribution in [0.3, 0.4) is 0 Å². The number of benzene rings is 3. The van der Waals surface area contributed by atoms with Crippen molar-refractivity contribution in [3.05, 3.63) is 72.3 Å². The maximum absolute atomic E-state index is 9.20. The fourth-order valence-corrected chi connectivity index (χ4v) is 2.58. The van der Waals surface area contributed by atoms with Gasteiger partial charge in [-0.15, -0.1) is 0 Å². The average Bonchev–Trinajstić information content (AvgIpc) is 2.48. The molecule has 3 aromatic rings. The van der Waals surface area contributed by atoms with Gasteiger partial charge in [0.05, 0.1) is 0 Å². The summed E-state index contributed by atoms with van der Waals surface area (Å²) in [6, 6.07) is 23.1. The lowest BCUT2D eigenvalue weighted by Gasteiger charge is -2.11. The second-order valence-electron chi connectivity index (χ2n) is 4.66. The molecular formula is C18H16O. The molecule has 94 valence electrons. The summed E-state index contributed by atoms with van der Waals surface area (Å²) in [6.07, 6.45) is 0.694. The van der Waals surface area contributed by atoms with Gasteiger partial charge < -0.3 is 5.11 Å². The molecule has 0 aliphatic carbocycles. The standard InChI is InChI=1S/C18H16O/c19-13-12-15-7-2-4-10-17(15)18-11-5-8-14-6-1-3-9-16(14)18/h1-11,19H,12-13H2. The summed E-state index contributed by atoms with van der Waals surface area (Å²) in [5, 5.41) is 11.7. The Morgan fingerprint density at radius 1 is 0.684 bits per heavy atom. The molecule has 0 saturated heterocycles. The number of aliphatic hydroxyl groups is 1. The summed E-state index contributed by atoms with van der Waals surface area (Å²) in [7, 11) is 0. The van der Waals surface area contributed by atoms with Crippen LogP contribution >= 0.6 is 0 Å². The Hall–Kier alpha value is -2.12. The zero-order valence-electron chi connectivity index (χ0n) is 10.7. The molecule has 0 aliphatic heterocycles. The second kappa shape index (κ2) is 5.25. The van der Waals surface area contributed by atoms with Crippen LogP contribution < -0.4 is 0 Å². The van der Waals surface area contributed by atoms with Gasteiger partial charge in [-0.1, -0.05) is 66.7 Å². The molecule has 0 unspecified atom stereocenters. The lowest BCUT2D eigenvalue weighted by molar-refractivity contribution is 0.300. The van der Waals surface area contributed by atoms with Gasteiger partial charge in [-0.25, -0.2) is 0 Å². The summed E-state index contributed by atoms with van der Waals surface area (Å²) >= 11 is 0. The minimum atomic E-state index is 0.182. The topological polar surface area (TPSA) is 20.2 Å². The van der Waals surface area contributed by atoms with Crippen LogP contribution in [0.15, 0.2) is 66.7 Å². The molecule has 3 aromatic carbocycles. The van der Waals surface area contributed by atoms with Crippen molar-refractivity contribution in [1.29, 1.82) is 0 Å². The molecule has 1 nitrogen and oxygen atoms in total. The molecule has 0 amide bonds. The number of hydrogen-bond acceptors (Lipinski definition) is 1. The predicted octanol–water partition coefficient (Wildman–Crippen LogP) is 4.04. The molecule has 0 heterocycles. The van der Waals surface area contributed by atoms with Crippen molar-refractivity contribution in [2.24, 2.45) is 0 Å². The zero-order valence-corrected chi connectivity index (χ0v) is 10.7. The predicted molar refractivity (Wildman–Crippen MR) is 80.2 cm³/mol. The monoisotopic (exact) mass is 248 g/mol. The molecule has 0 spiro atoms. The summed E-state index contributed by atoms with van der Waals surface area (Å²) in [4.78, 5) is 0. The van der Waals surface area contributed by atoms with Crippen molar-refractivity contribution in [2.75, 3.05) is 6.61 Å². The molecule has 19 heavy (non-hydrogen) atoms. The molecule has 0 fully saturated rings. The maximum Gasteiger partial charge on any atom is 0.0471 e. The van der Waals surface area contributed by atoms with Gasteiger partial charge >= 0.3 is 0 Å². The number of aliphatic hydroxyl groups excluding tert-OH is 1. The van der Waals surface area contributed by atoms with E-state index in [1.165, 1.54) is 27.5 Å². The first-order valence-corrected chi connectivity index (χ1v) is 6.57. The van der Waals surface area contributed by atoms with Crippen molar-refractivity contribution in [3.63, 3.8) is 0 Å². The van der Waals surface area contributed by atoms with Gasteiger partial charge in [0.25, 0.3) is 0 Å². The van der Waals surface area contributed by atoms with E-state index in [4.69, 9.17) is 0 Å². The van der Waals surface area contributed by atoms with Crippen LogP contribution in [-0.4, -0.2) is 11.7 Å². The maximum atomic E-state index is 9.20. The van der Waals surface area contributed by atoms with Crippen molar-refractivity contribution < 1.29 is 5.11 Å². The molecule has 1 N–H and O–H groups in total. The Morgan fingerprint density at radius 3 is 2.26 bits per heavy atom. The highest BCUT2D eigenvalue weighted by Gasteiger charge is 2.07. The minimum absolute atomic E-state index is 0.182. The Morgan fingerprint density at radius 2 is 1.37 bits per heavy atom. The Bertz CT molecular complexity index is 695. The quantitative estimate of drug-likeness (QED) is 0.741. The third kappa shape index (κ3) is 2.25. The molecule has 0 aliphatic rings. The van der Waals surface area contributed by atoms with Gasteiger partial charge in [0, 0.05) is 6.61 Å². The van der Waals surface area contributed by atoms with Crippen LogP contribution in [0.5, 0.6) is 0 Å². The smallest absolute Gasteiger partial charge is 0.0471 e. The lowest BCUT2D eigenvalue weighted by atomic mass is 9.93. The Kier molecular flexibility index (Phi) is 3.30. The van der Waals surface area contributed by atoms with Gasteiger partial charge in [0.1, 0.15) is 0 Å². The average molecular weight is 248 g/mol. The van der Waals surface area contributed by atoms with Crippen molar-refractivity contribution >= 4 is 10.8 Å². The van der Waals surface area contributed by atoms with E-state index in [1.54, 1.807) is 0 Å². The van der Waals surface area contributed by atoms with Crippen molar-refractivity contribution in [3.8, 4) is 11.1 Å². The highest BCUT2D eigenvalue weighted by Crippen LogP contribution is 2.31. The normalized spacial score (nSPS) is 10.8. The first-order valence-electron chi connectivity index (χ1n) is 6.57. The largest absolute Gasteiger partial charge is 0.396 e. The molecule has 1 heteroatoms. The number of fused-ring (bicyclic) bond motifs is 1. The van der Waals surface area contributed by atoms with Crippen LogP contribution in [0, 0.1) is 0 Å². The zero-order chi connectivity index (χ0) is 13.1. The molecule has 0 saturated carbocycles. The Balaban J connectivity index is 2.25. The summed E-state index contributed by atoms with van der Waals surface area (Å²) in [5.41, 5.74) is 3.65. The van der Waals surface area contributed by atoms with Gasteiger partial charge in [0.2, 0.25) is 0 Å². The van der Waals surface area contributed by atoms with E-state index in [0.717, 1.165) is 0 Å². The summed E-state index contributed by atoms with van der Waals surface area (Å²) < 4.78 is 0. The molecule has 3 rings (SSSR count). The van der Waals surface area contributed by atoms with Gasteiger partial charge in [-0.2, -0.15) is 0 Å². The fourth-order valence-electron chi connectivity index (χ4n) is 2.58. The van der Waals surface area contributed by atoms with Crippen LogP contribution in [0.25, 0.3) is 21.9 Å². The van der Waals surface area contributed by atoms with Crippen LogP contribution in [-0.2, 0) is 6.42 Å². The molecule has 0 aromatic heterocycles. The first kappa shape index (κ1) is 11.9. The van der Waals surface area contributed by atoms with E-state index in [0.29, 0.717) is 6.42 Å². The van der Waals surface area contributed by atoms with Crippen molar-refractivity contribution in [1.82, 2.24) is 0 Å². The van der Waals surface area contributed by atoms with E-state index in [-0.39, 0.29) is 6.61 Å². The number of rotatable bonds is 3. The third-order valence-corrected chi connectivity index (χ3v) is 3.48.